The number of nitrogens with zero attached hydrogens (tertiary/aromatic N) is 1. The van der Waals surface area contributed by atoms with Gasteiger partial charge in [-0.2, -0.15) is 13.2 Å². The van der Waals surface area contributed by atoms with Gasteiger partial charge in [-0.05, 0) is 31.0 Å². The Kier molecular flexibility index (Phi) is 2.82. The van der Waals surface area contributed by atoms with Crippen LogP contribution in [0.3, 0.4) is 0 Å². The molecule has 0 saturated heterocycles. The van der Waals surface area contributed by atoms with Crippen LogP contribution in [0.2, 0.25) is 0 Å². The molecule has 102 valence electrons. The first-order valence-electron chi connectivity index (χ1n) is 6.42. The van der Waals surface area contributed by atoms with Crippen LogP contribution in [0.1, 0.15) is 30.0 Å². The Labute approximate surface area is 109 Å². The Bertz CT molecular complexity index is 613. The molecule has 2 aromatic rings. The molecule has 1 aliphatic heterocycles. The molecule has 0 radical (unpaired) electrons. The van der Waals surface area contributed by atoms with Crippen LogP contribution in [0.4, 0.5) is 13.2 Å². The quantitative estimate of drug-likeness (QED) is 0.843. The van der Waals surface area contributed by atoms with Crippen molar-refractivity contribution in [3.05, 3.63) is 35.5 Å². The van der Waals surface area contributed by atoms with Crippen molar-refractivity contribution in [3.63, 3.8) is 0 Å². The zero-order chi connectivity index (χ0) is 13.6. The fourth-order valence-electron chi connectivity index (χ4n) is 3.02. The molecule has 0 spiro atoms. The topological polar surface area (TPSA) is 30.9 Å². The van der Waals surface area contributed by atoms with E-state index in [1.165, 1.54) is 6.07 Å². The van der Waals surface area contributed by atoms with Gasteiger partial charge in [-0.25, -0.2) is 0 Å². The summed E-state index contributed by atoms with van der Waals surface area (Å²) in [6.07, 6.45) is -2.39. The monoisotopic (exact) mass is 268 g/mol. The molecule has 1 aromatic carbocycles. The molecule has 2 heterocycles. The Hall–Kier alpha value is -1.49. The largest absolute Gasteiger partial charge is 0.417 e. The van der Waals surface area contributed by atoms with Crippen LogP contribution < -0.4 is 5.73 Å². The molecule has 2 nitrogen and oxygen atoms in total. The first-order valence-corrected chi connectivity index (χ1v) is 6.42. The summed E-state index contributed by atoms with van der Waals surface area (Å²) in [4.78, 5) is 0. The molecular weight excluding hydrogens is 253 g/mol. The number of nitrogens with two attached hydrogens (primary N) is 1. The van der Waals surface area contributed by atoms with E-state index in [-0.39, 0.29) is 5.92 Å². The van der Waals surface area contributed by atoms with Gasteiger partial charge in [0.1, 0.15) is 0 Å². The average molecular weight is 268 g/mol. The van der Waals surface area contributed by atoms with Crippen LogP contribution in [0.15, 0.2) is 24.3 Å². The highest BCUT2D eigenvalue weighted by atomic mass is 19.4. The van der Waals surface area contributed by atoms with E-state index in [9.17, 15) is 13.2 Å². The highest BCUT2D eigenvalue weighted by molar-refractivity contribution is 5.85. The summed E-state index contributed by atoms with van der Waals surface area (Å²) in [7, 11) is 0. The van der Waals surface area contributed by atoms with E-state index in [4.69, 9.17) is 5.73 Å². The third-order valence-corrected chi connectivity index (χ3v) is 3.92. The third-order valence-electron chi connectivity index (χ3n) is 3.92. The second kappa shape index (κ2) is 4.27. The zero-order valence-electron chi connectivity index (χ0n) is 10.4. The number of hydrogen-bond acceptors (Lipinski definition) is 1. The highest BCUT2D eigenvalue weighted by Gasteiger charge is 2.34. The van der Waals surface area contributed by atoms with Crippen LogP contribution in [-0.4, -0.2) is 11.1 Å². The lowest BCUT2D eigenvalue weighted by molar-refractivity contribution is -0.136. The van der Waals surface area contributed by atoms with Gasteiger partial charge >= 0.3 is 6.18 Å². The van der Waals surface area contributed by atoms with Crippen LogP contribution in [0.5, 0.6) is 0 Å². The minimum absolute atomic E-state index is 0.169. The van der Waals surface area contributed by atoms with Gasteiger partial charge in [0.25, 0.3) is 0 Å². The lowest BCUT2D eigenvalue weighted by atomic mass is 9.96. The van der Waals surface area contributed by atoms with Gasteiger partial charge in [-0.15, -0.1) is 0 Å². The molecule has 1 atom stereocenters. The standard InChI is InChI=1S/C14H15F3N2/c15-14(16,17)11-4-1-5-12-10(11)7-13-9(8-18)3-2-6-19(12)13/h1,4-5,7,9H,2-3,6,8,18H2. The molecule has 1 aromatic heterocycles. The van der Waals surface area contributed by atoms with E-state index < -0.39 is 11.7 Å². The first-order chi connectivity index (χ1) is 9.02. The maximum atomic E-state index is 13.0. The summed E-state index contributed by atoms with van der Waals surface area (Å²) in [6.45, 7) is 1.26. The summed E-state index contributed by atoms with van der Waals surface area (Å²) >= 11 is 0. The van der Waals surface area contributed by atoms with Gasteiger partial charge in [0.2, 0.25) is 0 Å². The van der Waals surface area contributed by atoms with Crippen LogP contribution in [0.25, 0.3) is 10.9 Å². The van der Waals surface area contributed by atoms with E-state index >= 15 is 0 Å². The predicted molar refractivity (Wildman–Crippen MR) is 68.0 cm³/mol. The van der Waals surface area contributed by atoms with E-state index in [1.54, 1.807) is 12.1 Å². The number of hydrogen-bond donors (Lipinski definition) is 1. The Morgan fingerprint density at radius 1 is 1.32 bits per heavy atom. The van der Waals surface area contributed by atoms with Gasteiger partial charge in [-0.3, -0.25) is 0 Å². The molecule has 0 bridgehead atoms. The number of rotatable bonds is 1. The van der Waals surface area contributed by atoms with Crippen LogP contribution in [-0.2, 0) is 12.7 Å². The van der Waals surface area contributed by atoms with Crippen LogP contribution >= 0.6 is 0 Å². The van der Waals surface area contributed by atoms with E-state index in [1.807, 2.05) is 4.57 Å². The molecule has 0 aliphatic carbocycles. The molecule has 0 amide bonds. The second-order valence-electron chi connectivity index (χ2n) is 5.03. The molecule has 0 saturated carbocycles. The Morgan fingerprint density at radius 2 is 2.11 bits per heavy atom. The number of halogens is 3. The zero-order valence-corrected chi connectivity index (χ0v) is 10.4. The number of aromatic nitrogens is 1. The summed E-state index contributed by atoms with van der Waals surface area (Å²) in [5.74, 6) is 0.169. The van der Waals surface area contributed by atoms with E-state index in [0.29, 0.717) is 17.4 Å². The summed E-state index contributed by atoms with van der Waals surface area (Å²) in [5.41, 5.74) is 6.79. The van der Waals surface area contributed by atoms with Gasteiger partial charge in [0, 0.05) is 35.6 Å². The fourth-order valence-corrected chi connectivity index (χ4v) is 3.02. The van der Waals surface area contributed by atoms with E-state index in [2.05, 4.69) is 0 Å². The lowest BCUT2D eigenvalue weighted by Gasteiger charge is -2.24. The molecule has 3 rings (SSSR count). The van der Waals surface area contributed by atoms with Crippen molar-refractivity contribution in [2.45, 2.75) is 31.5 Å². The van der Waals surface area contributed by atoms with Gasteiger partial charge < -0.3 is 10.3 Å². The third kappa shape index (κ3) is 1.92. The lowest BCUT2D eigenvalue weighted by Crippen LogP contribution is -2.21. The fraction of sp³-hybridized carbons (Fsp3) is 0.429. The SMILES string of the molecule is NCC1CCCn2c1cc1c(C(F)(F)F)cccc12. The van der Waals surface area contributed by atoms with Gasteiger partial charge in [0.05, 0.1) is 5.56 Å². The van der Waals surface area contributed by atoms with Crippen molar-refractivity contribution in [1.82, 2.24) is 4.57 Å². The number of aryl methyl sites for hydroxylation is 1. The molecular formula is C14H15F3N2. The minimum Gasteiger partial charge on any atom is -0.344 e. The molecule has 0 fully saturated rings. The first kappa shape index (κ1) is 12.5. The smallest absolute Gasteiger partial charge is 0.344 e. The highest BCUT2D eigenvalue weighted by Crippen LogP contribution is 2.39. The summed E-state index contributed by atoms with van der Waals surface area (Å²) in [5, 5.41) is 0.297. The van der Waals surface area contributed by atoms with Crippen molar-refractivity contribution < 1.29 is 13.2 Å². The molecule has 19 heavy (non-hydrogen) atoms. The molecule has 5 heteroatoms. The minimum atomic E-state index is -4.31. The molecule has 1 aliphatic rings. The summed E-state index contributed by atoms with van der Waals surface area (Å²) in [6, 6.07) is 6.05. The van der Waals surface area contributed by atoms with Crippen molar-refractivity contribution in [1.29, 1.82) is 0 Å². The predicted octanol–water partition coefficient (Wildman–Crippen LogP) is 3.50. The Morgan fingerprint density at radius 3 is 2.79 bits per heavy atom. The van der Waals surface area contributed by atoms with Gasteiger partial charge in [-0.1, -0.05) is 6.07 Å². The number of fused-ring (bicyclic) bond motifs is 3. The molecule has 1 unspecified atom stereocenters. The van der Waals surface area contributed by atoms with Crippen molar-refractivity contribution in [3.8, 4) is 0 Å². The maximum absolute atomic E-state index is 13.0. The average Bonchev–Trinajstić information content (AvgIpc) is 2.75. The van der Waals surface area contributed by atoms with Gasteiger partial charge in [0.15, 0.2) is 0 Å². The van der Waals surface area contributed by atoms with Crippen molar-refractivity contribution >= 4 is 10.9 Å². The van der Waals surface area contributed by atoms with Crippen molar-refractivity contribution in [2.24, 2.45) is 5.73 Å². The number of alkyl halides is 3. The normalized spacial score (nSPS) is 19.7. The maximum Gasteiger partial charge on any atom is 0.417 e. The van der Waals surface area contributed by atoms with Crippen molar-refractivity contribution in [2.75, 3.05) is 6.54 Å². The van der Waals surface area contributed by atoms with E-state index in [0.717, 1.165) is 31.1 Å². The second-order valence-corrected chi connectivity index (χ2v) is 5.03. The Balaban J connectivity index is 2.27. The number of benzene rings is 1. The summed E-state index contributed by atoms with van der Waals surface area (Å²) < 4.78 is 41.1. The molecule has 2 N–H and O–H groups in total. The van der Waals surface area contributed by atoms with Crippen LogP contribution in [0, 0.1) is 0 Å².